The highest BCUT2D eigenvalue weighted by Gasteiger charge is 2.11. The zero-order valence-corrected chi connectivity index (χ0v) is 11.3. The fraction of sp³-hybridized carbons (Fsp3) is 0.267. The molecule has 0 saturated heterocycles. The Kier molecular flexibility index (Phi) is 5.06. The third-order valence-electron chi connectivity index (χ3n) is 2.61. The summed E-state index contributed by atoms with van der Waals surface area (Å²) in [4.78, 5) is 11.5. The van der Waals surface area contributed by atoms with E-state index in [0.717, 1.165) is 5.56 Å². The standard InChI is InChI=1S/C15H16N2O3/c1-2-19-15(18)10-13-14(8-9-16-17-13)20-11-12-6-4-3-5-7-12/h3-9H,2,10-11H2,1H3. The molecule has 0 radical (unpaired) electrons. The van der Waals surface area contributed by atoms with Crippen LogP contribution in [0.2, 0.25) is 0 Å². The molecule has 1 aromatic heterocycles. The molecule has 2 rings (SSSR count). The van der Waals surface area contributed by atoms with E-state index in [-0.39, 0.29) is 12.4 Å². The average molecular weight is 272 g/mol. The fourth-order valence-corrected chi connectivity index (χ4v) is 1.69. The van der Waals surface area contributed by atoms with E-state index in [2.05, 4.69) is 10.2 Å². The van der Waals surface area contributed by atoms with E-state index in [4.69, 9.17) is 9.47 Å². The van der Waals surface area contributed by atoms with Crippen LogP contribution in [0.15, 0.2) is 42.6 Å². The van der Waals surface area contributed by atoms with E-state index in [0.29, 0.717) is 24.7 Å². The van der Waals surface area contributed by atoms with Gasteiger partial charge in [-0.05, 0) is 12.5 Å². The zero-order chi connectivity index (χ0) is 14.2. The number of ether oxygens (including phenoxy) is 2. The largest absolute Gasteiger partial charge is 0.487 e. The third-order valence-corrected chi connectivity index (χ3v) is 2.61. The van der Waals surface area contributed by atoms with E-state index in [9.17, 15) is 4.79 Å². The number of hydrogen-bond donors (Lipinski definition) is 0. The quantitative estimate of drug-likeness (QED) is 0.754. The molecule has 20 heavy (non-hydrogen) atoms. The van der Waals surface area contributed by atoms with Gasteiger partial charge in [0.15, 0.2) is 0 Å². The van der Waals surface area contributed by atoms with Gasteiger partial charge in [0.2, 0.25) is 0 Å². The second kappa shape index (κ2) is 7.23. The lowest BCUT2D eigenvalue weighted by atomic mass is 10.2. The molecule has 0 aliphatic rings. The first-order valence-corrected chi connectivity index (χ1v) is 6.42. The molecule has 1 aromatic carbocycles. The van der Waals surface area contributed by atoms with Crippen LogP contribution < -0.4 is 4.74 Å². The number of carbonyl (C=O) groups is 1. The highest BCUT2D eigenvalue weighted by molar-refractivity contribution is 5.72. The molecule has 0 aliphatic carbocycles. The van der Waals surface area contributed by atoms with Crippen molar-refractivity contribution in [1.82, 2.24) is 10.2 Å². The van der Waals surface area contributed by atoms with Gasteiger partial charge in [-0.3, -0.25) is 4.79 Å². The molecule has 104 valence electrons. The first kappa shape index (κ1) is 14.0. The summed E-state index contributed by atoms with van der Waals surface area (Å²) in [6, 6.07) is 11.5. The molecule has 5 nitrogen and oxygen atoms in total. The summed E-state index contributed by atoms with van der Waals surface area (Å²) in [7, 11) is 0. The number of carbonyl (C=O) groups excluding carboxylic acids is 1. The number of aromatic nitrogens is 2. The molecule has 0 amide bonds. The molecule has 0 unspecified atom stereocenters. The van der Waals surface area contributed by atoms with Crippen molar-refractivity contribution in [1.29, 1.82) is 0 Å². The van der Waals surface area contributed by atoms with Crippen molar-refractivity contribution in [3.63, 3.8) is 0 Å². The van der Waals surface area contributed by atoms with E-state index in [1.54, 1.807) is 13.0 Å². The summed E-state index contributed by atoms with van der Waals surface area (Å²) in [5, 5.41) is 7.71. The van der Waals surface area contributed by atoms with Crippen LogP contribution in [-0.2, 0) is 22.6 Å². The molecule has 1 heterocycles. The summed E-state index contributed by atoms with van der Waals surface area (Å²) in [5.41, 5.74) is 1.54. The number of nitrogens with zero attached hydrogens (tertiary/aromatic N) is 2. The van der Waals surface area contributed by atoms with Gasteiger partial charge in [-0.2, -0.15) is 10.2 Å². The Morgan fingerprint density at radius 1 is 1.20 bits per heavy atom. The highest BCUT2D eigenvalue weighted by Crippen LogP contribution is 2.17. The molecular weight excluding hydrogens is 256 g/mol. The molecule has 0 fully saturated rings. The van der Waals surface area contributed by atoms with E-state index in [1.165, 1.54) is 6.20 Å². The summed E-state index contributed by atoms with van der Waals surface area (Å²) in [6.45, 7) is 2.53. The zero-order valence-electron chi connectivity index (χ0n) is 11.3. The number of benzene rings is 1. The van der Waals surface area contributed by atoms with Crippen LogP contribution in [0.4, 0.5) is 0 Å². The molecule has 5 heteroatoms. The van der Waals surface area contributed by atoms with Gasteiger partial charge in [-0.25, -0.2) is 0 Å². The first-order chi connectivity index (χ1) is 9.79. The van der Waals surface area contributed by atoms with Crippen molar-refractivity contribution in [2.24, 2.45) is 0 Å². The Labute approximate surface area is 117 Å². The van der Waals surface area contributed by atoms with Gasteiger partial charge in [-0.15, -0.1) is 0 Å². The maximum atomic E-state index is 11.5. The Morgan fingerprint density at radius 3 is 2.75 bits per heavy atom. The Hall–Kier alpha value is -2.43. The third kappa shape index (κ3) is 4.05. The van der Waals surface area contributed by atoms with Crippen molar-refractivity contribution in [2.75, 3.05) is 6.61 Å². The highest BCUT2D eigenvalue weighted by atomic mass is 16.5. The second-order valence-corrected chi connectivity index (χ2v) is 4.10. The van der Waals surface area contributed by atoms with Gasteiger partial charge in [0.25, 0.3) is 0 Å². The lowest BCUT2D eigenvalue weighted by Gasteiger charge is -2.09. The van der Waals surface area contributed by atoms with Crippen LogP contribution in [0.1, 0.15) is 18.2 Å². The fourth-order valence-electron chi connectivity index (χ4n) is 1.69. The van der Waals surface area contributed by atoms with Crippen LogP contribution in [-0.4, -0.2) is 22.8 Å². The Balaban J connectivity index is 2.02. The molecule has 0 bridgehead atoms. The number of hydrogen-bond acceptors (Lipinski definition) is 5. The molecule has 0 spiro atoms. The lowest BCUT2D eigenvalue weighted by Crippen LogP contribution is -2.11. The summed E-state index contributed by atoms with van der Waals surface area (Å²) >= 11 is 0. The van der Waals surface area contributed by atoms with Gasteiger partial charge in [0.1, 0.15) is 18.1 Å². The lowest BCUT2D eigenvalue weighted by molar-refractivity contribution is -0.142. The SMILES string of the molecule is CCOC(=O)Cc1nnccc1OCc1ccccc1. The number of esters is 1. The minimum atomic E-state index is -0.336. The van der Waals surface area contributed by atoms with Gasteiger partial charge in [0, 0.05) is 6.07 Å². The summed E-state index contributed by atoms with van der Waals surface area (Å²) < 4.78 is 10.6. The van der Waals surface area contributed by atoms with Crippen molar-refractivity contribution in [3.05, 3.63) is 53.9 Å². The predicted molar refractivity (Wildman–Crippen MR) is 73.1 cm³/mol. The summed E-state index contributed by atoms with van der Waals surface area (Å²) in [6.07, 6.45) is 1.60. The Bertz CT molecular complexity index is 558. The van der Waals surface area contributed by atoms with E-state index < -0.39 is 0 Å². The maximum absolute atomic E-state index is 11.5. The van der Waals surface area contributed by atoms with Crippen LogP contribution in [0.3, 0.4) is 0 Å². The normalized spacial score (nSPS) is 10.1. The predicted octanol–water partition coefficient (Wildman–Crippen LogP) is 2.16. The van der Waals surface area contributed by atoms with Crippen molar-refractivity contribution >= 4 is 5.97 Å². The summed E-state index contributed by atoms with van der Waals surface area (Å²) in [5.74, 6) is 0.217. The van der Waals surface area contributed by atoms with Crippen LogP contribution in [0.5, 0.6) is 5.75 Å². The van der Waals surface area contributed by atoms with Crippen LogP contribution in [0.25, 0.3) is 0 Å². The molecule has 2 aromatic rings. The molecule has 0 saturated carbocycles. The first-order valence-electron chi connectivity index (χ1n) is 6.42. The molecule has 0 atom stereocenters. The van der Waals surface area contributed by atoms with Gasteiger partial charge < -0.3 is 9.47 Å². The minimum Gasteiger partial charge on any atom is -0.487 e. The van der Waals surface area contributed by atoms with Gasteiger partial charge in [-0.1, -0.05) is 30.3 Å². The van der Waals surface area contributed by atoms with E-state index in [1.807, 2.05) is 30.3 Å². The second-order valence-electron chi connectivity index (χ2n) is 4.10. The topological polar surface area (TPSA) is 61.3 Å². The van der Waals surface area contributed by atoms with Crippen LogP contribution in [0, 0.1) is 0 Å². The number of rotatable bonds is 6. The van der Waals surface area contributed by atoms with Crippen molar-refractivity contribution in [2.45, 2.75) is 20.0 Å². The van der Waals surface area contributed by atoms with Crippen LogP contribution >= 0.6 is 0 Å². The van der Waals surface area contributed by atoms with Gasteiger partial charge in [0.05, 0.1) is 19.2 Å². The van der Waals surface area contributed by atoms with E-state index >= 15 is 0 Å². The maximum Gasteiger partial charge on any atom is 0.312 e. The van der Waals surface area contributed by atoms with Crippen molar-refractivity contribution in [3.8, 4) is 5.75 Å². The van der Waals surface area contributed by atoms with Gasteiger partial charge >= 0.3 is 5.97 Å². The van der Waals surface area contributed by atoms with Crippen molar-refractivity contribution < 1.29 is 14.3 Å². The average Bonchev–Trinajstić information content (AvgIpc) is 2.48. The minimum absolute atomic E-state index is 0.0613. The molecular formula is C15H16N2O3. The molecule has 0 N–H and O–H groups in total. The smallest absolute Gasteiger partial charge is 0.312 e. The monoisotopic (exact) mass is 272 g/mol. The Morgan fingerprint density at radius 2 is 2.00 bits per heavy atom. The molecule has 0 aliphatic heterocycles.